The normalized spacial score (nSPS) is 12.5. The molecule has 0 saturated heterocycles. The summed E-state index contributed by atoms with van der Waals surface area (Å²) < 4.78 is 0. The van der Waals surface area contributed by atoms with Crippen molar-refractivity contribution in [1.29, 1.82) is 0 Å². The van der Waals surface area contributed by atoms with Gasteiger partial charge < -0.3 is 0 Å². The zero-order chi connectivity index (χ0) is 15.7. The van der Waals surface area contributed by atoms with E-state index in [-0.39, 0.29) is 0 Å². The fraction of sp³-hybridized carbons (Fsp3) is 0.429. The van der Waals surface area contributed by atoms with Crippen LogP contribution in [-0.2, 0) is 6.42 Å². The second kappa shape index (κ2) is 6.05. The highest BCUT2D eigenvalue weighted by Crippen LogP contribution is 2.31. The minimum Gasteiger partial charge on any atom is -0.0588 e. The van der Waals surface area contributed by atoms with Crippen molar-refractivity contribution in [1.82, 2.24) is 0 Å². The fourth-order valence-electron chi connectivity index (χ4n) is 3.46. The van der Waals surface area contributed by atoms with Gasteiger partial charge in [-0.15, -0.1) is 0 Å². The Bertz CT molecular complexity index is 662. The summed E-state index contributed by atoms with van der Waals surface area (Å²) >= 11 is 0. The third kappa shape index (κ3) is 3.05. The van der Waals surface area contributed by atoms with Crippen LogP contribution in [0.3, 0.4) is 0 Å². The van der Waals surface area contributed by atoms with E-state index in [0.717, 1.165) is 6.42 Å². The molecule has 0 aliphatic heterocycles. The van der Waals surface area contributed by atoms with Gasteiger partial charge in [-0.05, 0) is 98.4 Å². The molecule has 0 heterocycles. The van der Waals surface area contributed by atoms with E-state index >= 15 is 0 Å². The second-order valence-electron chi connectivity index (χ2n) is 6.65. The highest BCUT2D eigenvalue weighted by Gasteiger charge is 2.16. The van der Waals surface area contributed by atoms with Gasteiger partial charge in [0.2, 0.25) is 0 Å². The van der Waals surface area contributed by atoms with E-state index in [4.69, 9.17) is 0 Å². The molecule has 0 aromatic heterocycles. The lowest BCUT2D eigenvalue weighted by molar-refractivity contribution is 0.737. The van der Waals surface area contributed by atoms with Crippen LogP contribution in [0, 0.1) is 41.5 Å². The Morgan fingerprint density at radius 3 is 1.76 bits per heavy atom. The molecule has 0 aliphatic rings. The molecule has 0 saturated carbocycles. The number of hydrogen-bond acceptors (Lipinski definition) is 0. The Morgan fingerprint density at radius 1 is 0.667 bits per heavy atom. The van der Waals surface area contributed by atoms with E-state index in [1.54, 1.807) is 0 Å². The summed E-state index contributed by atoms with van der Waals surface area (Å²) in [6.07, 6.45) is 1.13. The molecule has 0 N–H and O–H groups in total. The van der Waals surface area contributed by atoms with Crippen molar-refractivity contribution < 1.29 is 0 Å². The lowest BCUT2D eigenvalue weighted by atomic mass is 9.83. The van der Waals surface area contributed by atoms with Crippen molar-refractivity contribution in [3.63, 3.8) is 0 Å². The summed E-state index contributed by atoms with van der Waals surface area (Å²) in [6, 6.07) is 9.01. The highest BCUT2D eigenvalue weighted by molar-refractivity contribution is 5.44. The van der Waals surface area contributed by atoms with Crippen LogP contribution in [0.15, 0.2) is 24.3 Å². The third-order valence-corrected chi connectivity index (χ3v) is 5.11. The van der Waals surface area contributed by atoms with Crippen molar-refractivity contribution in [2.24, 2.45) is 0 Å². The van der Waals surface area contributed by atoms with Gasteiger partial charge in [0.25, 0.3) is 0 Å². The molecule has 0 nitrogen and oxygen atoms in total. The molecule has 0 bridgehead atoms. The number of aryl methyl sites for hydroxylation is 4. The van der Waals surface area contributed by atoms with Crippen LogP contribution in [0.25, 0.3) is 0 Å². The maximum absolute atomic E-state index is 2.37. The van der Waals surface area contributed by atoms with Crippen LogP contribution in [0.2, 0.25) is 0 Å². The highest BCUT2D eigenvalue weighted by atomic mass is 14.2. The summed E-state index contributed by atoms with van der Waals surface area (Å²) in [7, 11) is 0. The van der Waals surface area contributed by atoms with Crippen LogP contribution >= 0.6 is 0 Å². The molecule has 1 unspecified atom stereocenters. The Labute approximate surface area is 130 Å². The molecule has 0 radical (unpaired) electrons. The molecule has 0 aliphatic carbocycles. The summed E-state index contributed by atoms with van der Waals surface area (Å²) in [5.41, 5.74) is 11.6. The van der Waals surface area contributed by atoms with Gasteiger partial charge in [0.05, 0.1) is 0 Å². The maximum Gasteiger partial charge on any atom is -0.0144 e. The molecule has 21 heavy (non-hydrogen) atoms. The van der Waals surface area contributed by atoms with E-state index in [9.17, 15) is 0 Å². The summed E-state index contributed by atoms with van der Waals surface area (Å²) in [4.78, 5) is 0. The fourth-order valence-corrected chi connectivity index (χ4v) is 3.46. The molecule has 0 fully saturated rings. The van der Waals surface area contributed by atoms with E-state index in [2.05, 4.69) is 72.7 Å². The van der Waals surface area contributed by atoms with E-state index in [1.807, 2.05) is 0 Å². The molecule has 0 heteroatoms. The van der Waals surface area contributed by atoms with Crippen molar-refractivity contribution in [3.8, 4) is 0 Å². The van der Waals surface area contributed by atoms with Crippen molar-refractivity contribution in [3.05, 3.63) is 68.8 Å². The van der Waals surface area contributed by atoms with Gasteiger partial charge in [-0.3, -0.25) is 0 Å². The van der Waals surface area contributed by atoms with Gasteiger partial charge >= 0.3 is 0 Å². The summed E-state index contributed by atoms with van der Waals surface area (Å²) in [5, 5.41) is 0. The predicted molar refractivity (Wildman–Crippen MR) is 93.4 cm³/mol. The van der Waals surface area contributed by atoms with Crippen molar-refractivity contribution in [2.45, 2.75) is 60.8 Å². The Balaban J connectivity index is 2.42. The molecule has 0 amide bonds. The standard InChI is InChI=1S/C21H28/c1-13-8-10-15(3)20(18(13)6)12-17(5)21-16(4)11-9-14(2)19(21)7/h8-11,17H,12H2,1-7H3. The first-order valence-electron chi connectivity index (χ1n) is 7.95. The molecular formula is C21H28. The van der Waals surface area contributed by atoms with Gasteiger partial charge in [0.15, 0.2) is 0 Å². The lowest BCUT2D eigenvalue weighted by Gasteiger charge is -2.22. The largest absolute Gasteiger partial charge is 0.0588 e. The average Bonchev–Trinajstić information content (AvgIpc) is 2.44. The van der Waals surface area contributed by atoms with Crippen LogP contribution in [0.1, 0.15) is 57.3 Å². The molecule has 112 valence electrons. The summed E-state index contributed by atoms with van der Waals surface area (Å²) in [6.45, 7) is 15.8. The van der Waals surface area contributed by atoms with Gasteiger partial charge in [-0.2, -0.15) is 0 Å². The zero-order valence-corrected chi connectivity index (χ0v) is 14.6. The minimum absolute atomic E-state index is 0.559. The number of benzene rings is 2. The smallest absolute Gasteiger partial charge is 0.0144 e. The van der Waals surface area contributed by atoms with Crippen LogP contribution in [0.4, 0.5) is 0 Å². The maximum atomic E-state index is 2.37. The van der Waals surface area contributed by atoms with E-state index in [0.29, 0.717) is 5.92 Å². The lowest BCUT2D eigenvalue weighted by Crippen LogP contribution is -2.07. The molecule has 2 aromatic rings. The Kier molecular flexibility index (Phi) is 4.56. The SMILES string of the molecule is Cc1ccc(C)c(CC(C)c2c(C)ccc(C)c2C)c1C. The molecule has 2 aromatic carbocycles. The minimum atomic E-state index is 0.559. The van der Waals surface area contributed by atoms with Gasteiger partial charge in [0, 0.05) is 0 Å². The van der Waals surface area contributed by atoms with Gasteiger partial charge in [0.1, 0.15) is 0 Å². The molecule has 0 spiro atoms. The molecule has 2 rings (SSSR count). The van der Waals surface area contributed by atoms with Crippen molar-refractivity contribution in [2.75, 3.05) is 0 Å². The average molecular weight is 280 g/mol. The first-order chi connectivity index (χ1) is 9.82. The van der Waals surface area contributed by atoms with Crippen LogP contribution in [0.5, 0.6) is 0 Å². The first kappa shape index (κ1) is 15.8. The van der Waals surface area contributed by atoms with Crippen LogP contribution < -0.4 is 0 Å². The monoisotopic (exact) mass is 280 g/mol. The van der Waals surface area contributed by atoms with Gasteiger partial charge in [-0.25, -0.2) is 0 Å². The van der Waals surface area contributed by atoms with Crippen LogP contribution in [-0.4, -0.2) is 0 Å². The second-order valence-corrected chi connectivity index (χ2v) is 6.65. The molecular weight excluding hydrogens is 252 g/mol. The predicted octanol–water partition coefficient (Wildman–Crippen LogP) is 5.88. The van der Waals surface area contributed by atoms with Crippen molar-refractivity contribution >= 4 is 0 Å². The van der Waals surface area contributed by atoms with Gasteiger partial charge in [-0.1, -0.05) is 31.2 Å². The number of hydrogen-bond donors (Lipinski definition) is 0. The Hall–Kier alpha value is -1.56. The van der Waals surface area contributed by atoms with E-state index < -0.39 is 0 Å². The third-order valence-electron chi connectivity index (χ3n) is 5.11. The first-order valence-corrected chi connectivity index (χ1v) is 7.95. The zero-order valence-electron chi connectivity index (χ0n) is 14.6. The number of rotatable bonds is 3. The quantitative estimate of drug-likeness (QED) is 0.658. The molecule has 1 atom stereocenters. The Morgan fingerprint density at radius 2 is 1.14 bits per heavy atom. The summed E-state index contributed by atoms with van der Waals surface area (Å²) in [5.74, 6) is 0.559. The topological polar surface area (TPSA) is 0 Å². The van der Waals surface area contributed by atoms with E-state index in [1.165, 1.54) is 44.5 Å².